The van der Waals surface area contributed by atoms with Crippen LogP contribution in [0.2, 0.25) is 0 Å². The average Bonchev–Trinajstić information content (AvgIpc) is 2.89. The Kier molecular flexibility index (Phi) is 2.86. The van der Waals surface area contributed by atoms with E-state index >= 15 is 0 Å². The standard InChI is InChI=1S/C9H11N5OS/c1-14-8(10)6(3-13-14)2-11-9(15)7-4-16-5-12-7/h3-5H,2,10H2,1H3,(H,11,15). The molecule has 0 aliphatic heterocycles. The molecule has 16 heavy (non-hydrogen) atoms. The van der Waals surface area contributed by atoms with E-state index in [1.165, 1.54) is 11.3 Å². The number of carbonyl (C=O) groups is 1. The van der Waals surface area contributed by atoms with Gasteiger partial charge >= 0.3 is 0 Å². The maximum atomic E-state index is 11.6. The van der Waals surface area contributed by atoms with E-state index in [1.54, 1.807) is 28.8 Å². The number of nitrogens with two attached hydrogens (primary N) is 1. The van der Waals surface area contributed by atoms with Gasteiger partial charge in [-0.15, -0.1) is 11.3 Å². The Morgan fingerprint density at radius 3 is 3.06 bits per heavy atom. The van der Waals surface area contributed by atoms with Gasteiger partial charge in [-0.05, 0) is 0 Å². The van der Waals surface area contributed by atoms with Gasteiger partial charge in [0.15, 0.2) is 0 Å². The maximum Gasteiger partial charge on any atom is 0.271 e. The molecule has 0 aliphatic carbocycles. The highest BCUT2D eigenvalue weighted by atomic mass is 32.1. The number of aryl methyl sites for hydroxylation is 1. The Hall–Kier alpha value is -1.89. The number of rotatable bonds is 3. The lowest BCUT2D eigenvalue weighted by molar-refractivity contribution is 0.0946. The lowest BCUT2D eigenvalue weighted by Crippen LogP contribution is -2.23. The SMILES string of the molecule is Cn1ncc(CNC(=O)c2cscn2)c1N. The molecule has 0 fully saturated rings. The number of thiazole rings is 1. The molecular weight excluding hydrogens is 226 g/mol. The van der Waals surface area contributed by atoms with Gasteiger partial charge in [0.05, 0.1) is 11.7 Å². The second-order valence-corrected chi connectivity index (χ2v) is 3.95. The molecule has 0 bridgehead atoms. The Bertz CT molecular complexity index is 490. The summed E-state index contributed by atoms with van der Waals surface area (Å²) in [5, 5.41) is 8.41. The first-order chi connectivity index (χ1) is 7.68. The number of carbonyl (C=O) groups excluding carboxylic acids is 1. The molecule has 84 valence electrons. The molecule has 0 saturated carbocycles. The first-order valence-corrected chi connectivity index (χ1v) is 5.55. The zero-order valence-electron chi connectivity index (χ0n) is 8.67. The minimum Gasteiger partial charge on any atom is -0.384 e. The molecule has 0 spiro atoms. The molecule has 0 saturated heterocycles. The van der Waals surface area contributed by atoms with Crippen LogP contribution in [0.15, 0.2) is 17.1 Å². The predicted molar refractivity (Wildman–Crippen MR) is 60.9 cm³/mol. The summed E-state index contributed by atoms with van der Waals surface area (Å²) < 4.78 is 1.56. The number of nitrogen functional groups attached to an aromatic ring is 1. The van der Waals surface area contributed by atoms with Crippen LogP contribution in [0, 0.1) is 0 Å². The van der Waals surface area contributed by atoms with Crippen molar-refractivity contribution in [1.29, 1.82) is 0 Å². The minimum absolute atomic E-state index is 0.204. The fraction of sp³-hybridized carbons (Fsp3) is 0.222. The Labute approximate surface area is 96.1 Å². The van der Waals surface area contributed by atoms with Crippen LogP contribution in [-0.2, 0) is 13.6 Å². The second-order valence-electron chi connectivity index (χ2n) is 3.24. The minimum atomic E-state index is -0.204. The molecule has 3 N–H and O–H groups in total. The Balaban J connectivity index is 1.98. The van der Waals surface area contributed by atoms with Crippen molar-refractivity contribution in [3.05, 3.63) is 28.3 Å². The fourth-order valence-corrected chi connectivity index (χ4v) is 1.75. The van der Waals surface area contributed by atoms with Crippen LogP contribution in [0.5, 0.6) is 0 Å². The molecule has 0 aliphatic rings. The number of anilines is 1. The van der Waals surface area contributed by atoms with Crippen molar-refractivity contribution < 1.29 is 4.79 Å². The van der Waals surface area contributed by atoms with Gasteiger partial charge < -0.3 is 11.1 Å². The fourth-order valence-electron chi connectivity index (χ4n) is 1.22. The summed E-state index contributed by atoms with van der Waals surface area (Å²) >= 11 is 1.38. The summed E-state index contributed by atoms with van der Waals surface area (Å²) in [5.41, 5.74) is 8.58. The predicted octanol–water partition coefficient (Wildman–Crippen LogP) is 0.389. The zero-order valence-corrected chi connectivity index (χ0v) is 9.49. The molecule has 0 atom stereocenters. The van der Waals surface area contributed by atoms with Crippen LogP contribution < -0.4 is 11.1 Å². The molecule has 2 heterocycles. The Morgan fingerprint density at radius 2 is 2.50 bits per heavy atom. The Morgan fingerprint density at radius 1 is 1.69 bits per heavy atom. The molecule has 0 aromatic carbocycles. The third-order valence-corrected chi connectivity index (χ3v) is 2.76. The first-order valence-electron chi connectivity index (χ1n) is 4.61. The average molecular weight is 237 g/mol. The van der Waals surface area contributed by atoms with Crippen molar-refractivity contribution in [2.24, 2.45) is 7.05 Å². The van der Waals surface area contributed by atoms with Gasteiger partial charge in [0.25, 0.3) is 5.91 Å². The van der Waals surface area contributed by atoms with Gasteiger partial charge in [0.1, 0.15) is 11.5 Å². The molecule has 0 radical (unpaired) electrons. The normalized spacial score (nSPS) is 10.3. The van der Waals surface area contributed by atoms with Crippen molar-refractivity contribution in [1.82, 2.24) is 20.1 Å². The van der Waals surface area contributed by atoms with Crippen LogP contribution in [0.25, 0.3) is 0 Å². The van der Waals surface area contributed by atoms with Gasteiger partial charge in [0.2, 0.25) is 0 Å². The van der Waals surface area contributed by atoms with E-state index in [-0.39, 0.29) is 5.91 Å². The molecule has 7 heteroatoms. The van der Waals surface area contributed by atoms with E-state index in [0.717, 1.165) is 5.56 Å². The molecule has 1 amide bonds. The number of hydrogen-bond acceptors (Lipinski definition) is 5. The molecule has 6 nitrogen and oxygen atoms in total. The van der Waals surface area contributed by atoms with E-state index in [9.17, 15) is 4.79 Å². The maximum absolute atomic E-state index is 11.6. The number of nitrogens with zero attached hydrogens (tertiary/aromatic N) is 3. The van der Waals surface area contributed by atoms with Crippen molar-refractivity contribution in [2.45, 2.75) is 6.54 Å². The van der Waals surface area contributed by atoms with Crippen LogP contribution in [0.3, 0.4) is 0 Å². The smallest absolute Gasteiger partial charge is 0.271 e. The van der Waals surface area contributed by atoms with E-state index in [0.29, 0.717) is 18.1 Å². The monoisotopic (exact) mass is 237 g/mol. The van der Waals surface area contributed by atoms with E-state index in [1.807, 2.05) is 0 Å². The lowest BCUT2D eigenvalue weighted by atomic mass is 10.3. The second kappa shape index (κ2) is 4.31. The molecule has 2 aromatic rings. The summed E-state index contributed by atoms with van der Waals surface area (Å²) in [4.78, 5) is 15.5. The summed E-state index contributed by atoms with van der Waals surface area (Å²) in [5.74, 6) is 0.350. The van der Waals surface area contributed by atoms with Gasteiger partial charge in [-0.25, -0.2) is 4.98 Å². The summed E-state index contributed by atoms with van der Waals surface area (Å²) in [6, 6.07) is 0. The number of amides is 1. The summed E-state index contributed by atoms with van der Waals surface area (Å²) in [6.45, 7) is 0.357. The van der Waals surface area contributed by atoms with E-state index in [4.69, 9.17) is 5.73 Å². The van der Waals surface area contributed by atoms with Gasteiger partial charge in [-0.2, -0.15) is 5.10 Å². The van der Waals surface area contributed by atoms with Crippen LogP contribution in [0.4, 0.5) is 5.82 Å². The number of nitrogens with one attached hydrogen (secondary N) is 1. The number of hydrogen-bond donors (Lipinski definition) is 2. The summed E-state index contributed by atoms with van der Waals surface area (Å²) in [6.07, 6.45) is 1.64. The van der Waals surface area contributed by atoms with Gasteiger partial charge in [0, 0.05) is 24.5 Å². The van der Waals surface area contributed by atoms with Crippen molar-refractivity contribution in [2.75, 3.05) is 5.73 Å². The molecular formula is C9H11N5OS. The van der Waals surface area contributed by atoms with Gasteiger partial charge in [-0.3, -0.25) is 9.48 Å². The highest BCUT2D eigenvalue weighted by Gasteiger charge is 2.09. The van der Waals surface area contributed by atoms with Crippen LogP contribution in [-0.4, -0.2) is 20.7 Å². The van der Waals surface area contributed by atoms with Crippen molar-refractivity contribution >= 4 is 23.1 Å². The lowest BCUT2D eigenvalue weighted by Gasteiger charge is -2.02. The summed E-state index contributed by atoms with van der Waals surface area (Å²) in [7, 11) is 1.75. The first kappa shape index (κ1) is 10.6. The third-order valence-electron chi connectivity index (χ3n) is 2.17. The molecule has 2 rings (SSSR count). The zero-order chi connectivity index (χ0) is 11.5. The third kappa shape index (κ3) is 2.03. The van der Waals surface area contributed by atoms with Crippen molar-refractivity contribution in [3.63, 3.8) is 0 Å². The number of aromatic nitrogens is 3. The quantitative estimate of drug-likeness (QED) is 0.808. The van der Waals surface area contributed by atoms with Crippen LogP contribution in [0.1, 0.15) is 16.1 Å². The van der Waals surface area contributed by atoms with E-state index in [2.05, 4.69) is 15.4 Å². The highest BCUT2D eigenvalue weighted by Crippen LogP contribution is 2.09. The van der Waals surface area contributed by atoms with Crippen molar-refractivity contribution in [3.8, 4) is 0 Å². The molecule has 2 aromatic heterocycles. The van der Waals surface area contributed by atoms with E-state index < -0.39 is 0 Å². The highest BCUT2D eigenvalue weighted by molar-refractivity contribution is 7.07. The van der Waals surface area contributed by atoms with Gasteiger partial charge in [-0.1, -0.05) is 0 Å². The van der Waals surface area contributed by atoms with Crippen LogP contribution >= 0.6 is 11.3 Å². The topological polar surface area (TPSA) is 85.8 Å². The largest absolute Gasteiger partial charge is 0.384 e. The molecule has 0 unspecified atom stereocenters.